The maximum atomic E-state index is 10.4. The molecule has 0 saturated heterocycles. The van der Waals surface area contributed by atoms with Gasteiger partial charge in [-0.1, -0.05) is 0 Å². The standard InChI is InChI=1S/C8H12N4O2.ClH/c1-5-7(10-11-8(9)14)3-6(13)4-12(5)2;/h4H,3H2,1-2H3,(H3,9,13,14);1H. The topological polar surface area (TPSA) is 90.7 Å². The molecule has 7 heteroatoms. The number of hydrogen-bond donors (Lipinski definition) is 3. The number of nitrogens with two attached hydrogens (primary N) is 1. The number of urea groups is 1. The number of hydrogen-bond acceptors (Lipinski definition) is 3. The molecular weight excluding hydrogens is 220 g/mol. The van der Waals surface area contributed by atoms with E-state index in [0.717, 1.165) is 5.71 Å². The fraction of sp³-hybridized carbons (Fsp3) is 0.375. The molecule has 0 fully saturated rings. The van der Waals surface area contributed by atoms with E-state index in [9.17, 15) is 9.90 Å². The van der Waals surface area contributed by atoms with Gasteiger partial charge in [-0.05, 0) is 0 Å². The van der Waals surface area contributed by atoms with Crippen molar-refractivity contribution < 1.29 is 26.9 Å². The number of carbonyl (C=O) groups excluding carboxylic acids is 1. The number of nitrogens with zero attached hydrogens (tertiary/aromatic N) is 2. The van der Waals surface area contributed by atoms with Crippen LogP contribution in [0.2, 0.25) is 0 Å². The van der Waals surface area contributed by atoms with E-state index in [4.69, 9.17) is 5.73 Å². The third-order valence-electron chi connectivity index (χ3n) is 1.94. The van der Waals surface area contributed by atoms with Crippen molar-refractivity contribution in [2.75, 3.05) is 7.05 Å². The predicted octanol–water partition coefficient (Wildman–Crippen LogP) is -3.08. The van der Waals surface area contributed by atoms with Gasteiger partial charge in [0.1, 0.15) is 12.8 Å². The van der Waals surface area contributed by atoms with Crippen LogP contribution in [0, 0.1) is 0 Å². The highest BCUT2D eigenvalue weighted by Crippen LogP contribution is 2.06. The Hall–Kier alpha value is -1.56. The fourth-order valence-corrected chi connectivity index (χ4v) is 1.11. The van der Waals surface area contributed by atoms with Crippen LogP contribution >= 0.6 is 0 Å². The monoisotopic (exact) mass is 232 g/mol. The Morgan fingerprint density at radius 2 is 2.33 bits per heavy atom. The van der Waals surface area contributed by atoms with Crippen LogP contribution in [0.3, 0.4) is 0 Å². The lowest BCUT2D eigenvalue weighted by Crippen LogP contribution is -3.00. The number of carbonyl (C=O) groups is 1. The molecule has 0 aromatic rings. The number of halogens is 1. The third-order valence-corrected chi connectivity index (χ3v) is 1.94. The highest BCUT2D eigenvalue weighted by atomic mass is 35.5. The minimum atomic E-state index is -0.720. The number of primary amides is 1. The molecule has 0 aromatic heterocycles. The first-order chi connectivity index (χ1) is 6.50. The predicted molar refractivity (Wildman–Crippen MR) is 52.3 cm³/mol. The fourth-order valence-electron chi connectivity index (χ4n) is 1.11. The molecule has 0 atom stereocenters. The van der Waals surface area contributed by atoms with E-state index in [1.807, 2.05) is 6.92 Å². The number of allylic oxidation sites excluding steroid dienone is 1. The molecule has 6 nitrogen and oxygen atoms in total. The molecule has 0 radical (unpaired) electrons. The van der Waals surface area contributed by atoms with Gasteiger partial charge in [0, 0.05) is 6.92 Å². The smallest absolute Gasteiger partial charge is 0.332 e. The normalized spacial score (nSPS) is 18.3. The van der Waals surface area contributed by atoms with E-state index in [1.165, 1.54) is 0 Å². The van der Waals surface area contributed by atoms with Crippen LogP contribution in [0.25, 0.3) is 0 Å². The molecule has 1 rings (SSSR count). The summed E-state index contributed by atoms with van der Waals surface area (Å²) in [5.74, 6) is 0.197. The Bertz CT molecular complexity index is 360. The summed E-state index contributed by atoms with van der Waals surface area (Å²) in [6, 6.07) is -0.720. The van der Waals surface area contributed by atoms with Gasteiger partial charge in [-0.15, -0.1) is 0 Å². The maximum Gasteiger partial charge on any atom is 0.332 e. The Kier molecular flexibility index (Phi) is 4.80. The van der Waals surface area contributed by atoms with Crippen molar-refractivity contribution in [3.63, 3.8) is 0 Å². The highest BCUT2D eigenvalue weighted by molar-refractivity contribution is 6.40. The summed E-state index contributed by atoms with van der Waals surface area (Å²) in [6.45, 7) is 1.84. The largest absolute Gasteiger partial charge is 1.00 e. The molecule has 1 aliphatic rings. The molecule has 4 N–H and O–H groups in total. The summed E-state index contributed by atoms with van der Waals surface area (Å²) in [5.41, 5.74) is 8.44. The van der Waals surface area contributed by atoms with Crippen LogP contribution in [-0.4, -0.2) is 34.2 Å². The molecule has 1 heterocycles. The Balaban J connectivity index is 0.00000196. The zero-order valence-electron chi connectivity index (χ0n) is 8.49. The summed E-state index contributed by atoms with van der Waals surface area (Å²) in [7, 11) is 1.78. The Morgan fingerprint density at radius 3 is 2.87 bits per heavy atom. The van der Waals surface area contributed by atoms with E-state index >= 15 is 0 Å². The average molecular weight is 233 g/mol. The zero-order valence-corrected chi connectivity index (χ0v) is 9.25. The number of nitrogens with one attached hydrogen (secondary N) is 1. The molecular formula is C8H13ClN4O2. The van der Waals surface area contributed by atoms with E-state index in [-0.39, 0.29) is 18.2 Å². The summed E-state index contributed by atoms with van der Waals surface area (Å²) in [5, 5.41) is 13.1. The van der Waals surface area contributed by atoms with Crippen molar-refractivity contribution in [1.82, 2.24) is 5.43 Å². The lowest BCUT2D eigenvalue weighted by Gasteiger charge is -2.08. The van der Waals surface area contributed by atoms with E-state index in [0.29, 0.717) is 12.1 Å². The lowest BCUT2D eigenvalue weighted by atomic mass is 10.1. The van der Waals surface area contributed by atoms with Gasteiger partial charge in [-0.25, -0.2) is 14.8 Å². The van der Waals surface area contributed by atoms with Crippen LogP contribution in [-0.2, 0) is 0 Å². The van der Waals surface area contributed by atoms with Gasteiger partial charge in [-0.2, -0.15) is 5.10 Å². The molecule has 0 aromatic carbocycles. The quantitative estimate of drug-likeness (QED) is 0.331. The zero-order chi connectivity index (χ0) is 10.7. The van der Waals surface area contributed by atoms with Gasteiger partial charge in [-0.3, -0.25) is 0 Å². The summed E-state index contributed by atoms with van der Waals surface area (Å²) >= 11 is 0. The molecule has 0 unspecified atom stereocenters. The highest BCUT2D eigenvalue weighted by Gasteiger charge is 2.20. The SMILES string of the molecule is CC1=[N+](C)C=C(O)CC1=NNC(N)=O.[Cl-]. The molecule has 1 aliphatic heterocycles. The van der Waals surface area contributed by atoms with Crippen molar-refractivity contribution in [3.05, 3.63) is 12.0 Å². The Labute approximate surface area is 93.6 Å². The first-order valence-electron chi connectivity index (χ1n) is 4.09. The van der Waals surface area contributed by atoms with Crippen LogP contribution in [0.15, 0.2) is 17.1 Å². The van der Waals surface area contributed by atoms with Crippen molar-refractivity contribution in [3.8, 4) is 0 Å². The maximum absolute atomic E-state index is 10.4. The molecule has 2 amide bonds. The number of rotatable bonds is 1. The van der Waals surface area contributed by atoms with Gasteiger partial charge in [0.05, 0.1) is 6.42 Å². The van der Waals surface area contributed by atoms with Crippen LogP contribution in [0.4, 0.5) is 4.79 Å². The van der Waals surface area contributed by atoms with E-state index < -0.39 is 6.03 Å². The number of hydrazone groups is 1. The summed E-state index contributed by atoms with van der Waals surface area (Å²) in [6.07, 6.45) is 1.90. The van der Waals surface area contributed by atoms with Gasteiger partial charge in [0.2, 0.25) is 11.9 Å². The Morgan fingerprint density at radius 1 is 1.73 bits per heavy atom. The summed E-state index contributed by atoms with van der Waals surface area (Å²) < 4.78 is 1.72. The average Bonchev–Trinajstić information content (AvgIpc) is 2.08. The molecule has 0 aliphatic carbocycles. The first-order valence-corrected chi connectivity index (χ1v) is 4.09. The van der Waals surface area contributed by atoms with E-state index in [1.54, 1.807) is 17.8 Å². The van der Waals surface area contributed by atoms with Crippen molar-refractivity contribution >= 4 is 17.5 Å². The van der Waals surface area contributed by atoms with Crippen molar-refractivity contribution in [2.24, 2.45) is 10.8 Å². The van der Waals surface area contributed by atoms with Crippen molar-refractivity contribution in [1.29, 1.82) is 0 Å². The minimum Gasteiger partial charge on any atom is -1.00 e. The van der Waals surface area contributed by atoms with Gasteiger partial charge in [0.25, 0.3) is 0 Å². The molecule has 15 heavy (non-hydrogen) atoms. The second-order valence-corrected chi connectivity index (χ2v) is 3.03. The van der Waals surface area contributed by atoms with Gasteiger partial charge < -0.3 is 23.2 Å². The van der Waals surface area contributed by atoms with Crippen LogP contribution < -0.4 is 23.6 Å². The van der Waals surface area contributed by atoms with E-state index in [2.05, 4.69) is 10.5 Å². The third kappa shape index (κ3) is 3.59. The molecule has 0 spiro atoms. The second kappa shape index (κ2) is 5.35. The van der Waals surface area contributed by atoms with Crippen molar-refractivity contribution in [2.45, 2.75) is 13.3 Å². The van der Waals surface area contributed by atoms with Crippen LogP contribution in [0.5, 0.6) is 0 Å². The number of aliphatic hydroxyl groups is 1. The second-order valence-electron chi connectivity index (χ2n) is 3.03. The minimum absolute atomic E-state index is 0. The van der Waals surface area contributed by atoms with Crippen LogP contribution in [0.1, 0.15) is 13.3 Å². The number of amides is 2. The summed E-state index contributed by atoms with van der Waals surface area (Å²) in [4.78, 5) is 10.4. The molecule has 0 saturated carbocycles. The lowest BCUT2D eigenvalue weighted by molar-refractivity contribution is -0.424. The molecule has 84 valence electrons. The molecule has 0 bridgehead atoms. The first kappa shape index (κ1) is 13.4. The van der Waals surface area contributed by atoms with Gasteiger partial charge >= 0.3 is 6.03 Å². The van der Waals surface area contributed by atoms with Gasteiger partial charge in [0.15, 0.2) is 5.76 Å². The number of aliphatic hydroxyl groups excluding tert-OH is 1.